The number of hydrogen-bond donors (Lipinski definition) is 2. The van der Waals surface area contributed by atoms with Crippen LogP contribution in [0.4, 0.5) is 0 Å². The number of hydrogen-bond acceptors (Lipinski definition) is 5. The summed E-state index contributed by atoms with van der Waals surface area (Å²) in [6.07, 6.45) is 4.80. The maximum absolute atomic E-state index is 8.54. The minimum absolute atomic E-state index is 0. The molecule has 0 heterocycles. The zero-order valence-electron chi connectivity index (χ0n) is 7.09. The van der Waals surface area contributed by atoms with Crippen molar-refractivity contribution >= 4 is 14.5 Å². The van der Waals surface area contributed by atoms with Crippen molar-refractivity contribution in [1.82, 2.24) is 0 Å². The van der Waals surface area contributed by atoms with Gasteiger partial charge in [-0.15, -0.1) is 0 Å². The molecule has 2 atom stereocenters. The second-order valence-electron chi connectivity index (χ2n) is 2.82. The van der Waals surface area contributed by atoms with Gasteiger partial charge in [0.05, 0.1) is 0 Å². The van der Waals surface area contributed by atoms with Crippen LogP contribution in [-0.2, 0) is 24.9 Å². The molecule has 0 saturated heterocycles. The average molecular weight is 436 g/mol. The molecule has 0 amide bonds. The van der Waals surface area contributed by atoms with E-state index in [0.717, 1.165) is 12.8 Å². The molecule has 0 aromatic rings. The SMILES string of the molecule is NC1CCCCC1N.O=[Se]([O-])[O-].[Pt+4]. The van der Waals surface area contributed by atoms with E-state index in [0.29, 0.717) is 0 Å². The largest absolute Gasteiger partial charge is 4.00 e. The summed E-state index contributed by atoms with van der Waals surface area (Å²) in [5.41, 5.74) is 11.3. The molecule has 80 valence electrons. The Labute approximate surface area is 96.9 Å². The molecule has 0 aromatic carbocycles. The van der Waals surface area contributed by atoms with Crippen LogP contribution in [0.1, 0.15) is 25.7 Å². The zero-order valence-corrected chi connectivity index (χ0v) is 11.1. The van der Waals surface area contributed by atoms with Gasteiger partial charge in [-0.2, -0.15) is 0 Å². The maximum atomic E-state index is 8.54. The van der Waals surface area contributed by atoms with Gasteiger partial charge in [0, 0.05) is 12.1 Å². The first-order chi connectivity index (χ1) is 5.54. The first-order valence-corrected chi connectivity index (χ1v) is 5.91. The summed E-state index contributed by atoms with van der Waals surface area (Å²) in [5.74, 6) is 0. The van der Waals surface area contributed by atoms with E-state index in [-0.39, 0.29) is 33.1 Å². The molecule has 0 radical (unpaired) electrons. The van der Waals surface area contributed by atoms with E-state index in [9.17, 15) is 0 Å². The van der Waals surface area contributed by atoms with Crippen LogP contribution in [0.25, 0.3) is 0 Å². The van der Waals surface area contributed by atoms with Crippen molar-refractivity contribution in [2.45, 2.75) is 37.8 Å². The van der Waals surface area contributed by atoms with Crippen molar-refractivity contribution in [3.63, 3.8) is 0 Å². The molecule has 1 aliphatic rings. The molecule has 2 unspecified atom stereocenters. The summed E-state index contributed by atoms with van der Waals surface area (Å²) < 4.78 is 25.6. The molecule has 5 nitrogen and oxygen atoms in total. The van der Waals surface area contributed by atoms with Gasteiger partial charge in [0.1, 0.15) is 0 Å². The quantitative estimate of drug-likeness (QED) is 0.403. The Bertz CT molecular complexity index is 136. The molecule has 0 bridgehead atoms. The Kier molecular flexibility index (Phi) is 11.8. The standard InChI is InChI=1S/C6H14N2.H2O3Se.Pt/c7-5-3-1-2-4-6(5)8;1-4(2)3;/h5-6H,1-4,7-8H2;(H2,1,2,3);/q;;+4/p-2. The average Bonchev–Trinajstić information content (AvgIpc) is 1.94. The molecule has 13 heavy (non-hydrogen) atoms. The van der Waals surface area contributed by atoms with Gasteiger partial charge in [-0.1, -0.05) is 12.8 Å². The molecule has 7 heteroatoms. The summed E-state index contributed by atoms with van der Waals surface area (Å²) in [6.45, 7) is 0. The Hall–Kier alpha value is 0.848. The minimum Gasteiger partial charge on any atom is 4.00 e. The summed E-state index contributed by atoms with van der Waals surface area (Å²) >= 11 is -3.79. The molecule has 0 aromatic heterocycles. The van der Waals surface area contributed by atoms with Crippen molar-refractivity contribution in [1.29, 1.82) is 0 Å². The van der Waals surface area contributed by atoms with Crippen LogP contribution >= 0.6 is 0 Å². The van der Waals surface area contributed by atoms with Crippen molar-refractivity contribution in [3.05, 3.63) is 0 Å². The van der Waals surface area contributed by atoms with E-state index in [1.54, 1.807) is 0 Å². The van der Waals surface area contributed by atoms with Crippen molar-refractivity contribution in [2.24, 2.45) is 11.5 Å². The normalized spacial score (nSPS) is 27.2. The predicted molar refractivity (Wildman–Crippen MR) is 40.9 cm³/mol. The van der Waals surface area contributed by atoms with Crippen LogP contribution in [-0.4, -0.2) is 26.6 Å². The van der Waals surface area contributed by atoms with E-state index in [2.05, 4.69) is 0 Å². The predicted octanol–water partition coefficient (Wildman–Crippen LogP) is -2.67. The van der Waals surface area contributed by atoms with E-state index >= 15 is 0 Å². The molecule has 1 fully saturated rings. The molecule has 1 aliphatic carbocycles. The van der Waals surface area contributed by atoms with Crippen LogP contribution in [0.15, 0.2) is 0 Å². The third kappa shape index (κ3) is 10.8. The Balaban J connectivity index is 0. The summed E-state index contributed by atoms with van der Waals surface area (Å²) in [7, 11) is 0. The Morgan fingerprint density at radius 3 is 1.46 bits per heavy atom. The molecular formula is C6H14N2O3PtSe+2. The van der Waals surface area contributed by atoms with Gasteiger partial charge in [-0.05, 0) is 12.8 Å². The molecule has 4 N–H and O–H groups in total. The summed E-state index contributed by atoms with van der Waals surface area (Å²) in [6, 6.07) is 0.562. The van der Waals surface area contributed by atoms with Crippen LogP contribution < -0.4 is 19.8 Å². The number of rotatable bonds is 0. The van der Waals surface area contributed by atoms with Gasteiger partial charge in [0.25, 0.3) is 0 Å². The van der Waals surface area contributed by atoms with Crippen molar-refractivity contribution < 1.29 is 33.3 Å². The zero-order chi connectivity index (χ0) is 9.56. The van der Waals surface area contributed by atoms with E-state index in [1.807, 2.05) is 0 Å². The van der Waals surface area contributed by atoms with Crippen LogP contribution in [0, 0.1) is 0 Å². The van der Waals surface area contributed by atoms with Gasteiger partial charge in [0.15, 0.2) is 0 Å². The van der Waals surface area contributed by atoms with E-state index in [1.165, 1.54) is 12.8 Å². The smallest absolute Gasteiger partial charge is 4.00 e. The Morgan fingerprint density at radius 2 is 1.31 bits per heavy atom. The summed E-state index contributed by atoms with van der Waals surface area (Å²) in [4.78, 5) is 0. The van der Waals surface area contributed by atoms with Crippen LogP contribution in [0.5, 0.6) is 0 Å². The third-order valence-electron chi connectivity index (χ3n) is 1.87. The van der Waals surface area contributed by atoms with Gasteiger partial charge < -0.3 is 11.5 Å². The molecule has 1 rings (SSSR count). The Morgan fingerprint density at radius 1 is 1.08 bits per heavy atom. The van der Waals surface area contributed by atoms with Gasteiger partial charge >= 0.3 is 47.8 Å². The van der Waals surface area contributed by atoms with Crippen LogP contribution in [0.3, 0.4) is 0 Å². The van der Waals surface area contributed by atoms with Gasteiger partial charge in [0.2, 0.25) is 0 Å². The minimum atomic E-state index is -3.79. The fourth-order valence-electron chi connectivity index (χ4n) is 1.19. The molecule has 0 spiro atoms. The molecular weight excluding hydrogens is 422 g/mol. The first kappa shape index (κ1) is 16.3. The molecule has 0 aliphatic heterocycles. The van der Waals surface area contributed by atoms with Crippen molar-refractivity contribution in [3.8, 4) is 0 Å². The third-order valence-corrected chi connectivity index (χ3v) is 1.87. The van der Waals surface area contributed by atoms with E-state index < -0.39 is 14.5 Å². The summed E-state index contributed by atoms with van der Waals surface area (Å²) in [5, 5.41) is 0. The first-order valence-electron chi connectivity index (χ1n) is 3.82. The second kappa shape index (κ2) is 9.40. The monoisotopic (exact) mass is 437 g/mol. The molecule has 1 saturated carbocycles. The number of nitrogens with two attached hydrogens (primary N) is 2. The maximum Gasteiger partial charge on any atom is 4.00 e. The van der Waals surface area contributed by atoms with Crippen LogP contribution in [0.2, 0.25) is 0 Å². The fourth-order valence-corrected chi connectivity index (χ4v) is 1.19. The second-order valence-corrected chi connectivity index (χ2v) is 3.67. The van der Waals surface area contributed by atoms with Gasteiger partial charge in [-0.3, -0.25) is 0 Å². The van der Waals surface area contributed by atoms with Gasteiger partial charge in [-0.25, -0.2) is 0 Å². The van der Waals surface area contributed by atoms with Crippen molar-refractivity contribution in [2.75, 3.05) is 0 Å². The topological polar surface area (TPSA) is 115 Å². The fraction of sp³-hybridized carbons (Fsp3) is 1.00. The van der Waals surface area contributed by atoms with E-state index in [4.69, 9.17) is 23.7 Å².